The van der Waals surface area contributed by atoms with Gasteiger partial charge >= 0.3 is 0 Å². The standard InChI is InChI=1S/C19H15ClN2O3/c1-22-15-5-3-2-4-13(15)18(23)17(19(22)24)14-10-16(25-21-14)11-6-8-12(20)9-7-11/h2-9,16,23H,10H2,1H3/t16-/m0/s1. The quantitative estimate of drug-likeness (QED) is 0.762. The molecule has 1 aliphatic heterocycles. The summed E-state index contributed by atoms with van der Waals surface area (Å²) in [5.74, 6) is -0.0576. The molecule has 25 heavy (non-hydrogen) atoms. The second-order valence-electron chi connectivity index (χ2n) is 5.99. The minimum absolute atomic E-state index is 0.0576. The second kappa shape index (κ2) is 5.93. The maximum Gasteiger partial charge on any atom is 0.263 e. The van der Waals surface area contributed by atoms with Crippen molar-refractivity contribution >= 4 is 28.2 Å². The van der Waals surface area contributed by atoms with Gasteiger partial charge in [-0.2, -0.15) is 0 Å². The minimum Gasteiger partial charge on any atom is -0.506 e. The fourth-order valence-corrected chi connectivity index (χ4v) is 3.25. The number of aryl methyl sites for hydroxylation is 1. The molecule has 1 aliphatic rings. The Morgan fingerprint density at radius 2 is 1.92 bits per heavy atom. The summed E-state index contributed by atoms with van der Waals surface area (Å²) in [6.45, 7) is 0. The van der Waals surface area contributed by atoms with E-state index in [2.05, 4.69) is 5.16 Å². The second-order valence-corrected chi connectivity index (χ2v) is 6.43. The van der Waals surface area contributed by atoms with Crippen LogP contribution < -0.4 is 5.56 Å². The number of aromatic hydroxyl groups is 1. The Balaban J connectivity index is 1.76. The van der Waals surface area contributed by atoms with Crippen molar-refractivity contribution in [3.05, 3.63) is 75.0 Å². The maximum absolute atomic E-state index is 12.7. The van der Waals surface area contributed by atoms with E-state index in [0.29, 0.717) is 28.1 Å². The fourth-order valence-electron chi connectivity index (χ4n) is 3.12. The summed E-state index contributed by atoms with van der Waals surface area (Å²) < 4.78 is 1.52. The summed E-state index contributed by atoms with van der Waals surface area (Å²) in [5, 5.41) is 16.0. The first-order valence-corrected chi connectivity index (χ1v) is 8.23. The van der Waals surface area contributed by atoms with Gasteiger partial charge in [0.1, 0.15) is 17.0 Å². The Kier molecular flexibility index (Phi) is 3.73. The number of hydrogen-bond acceptors (Lipinski definition) is 4. The van der Waals surface area contributed by atoms with Crippen LogP contribution in [0.15, 0.2) is 58.5 Å². The van der Waals surface area contributed by atoms with Gasteiger partial charge in [-0.15, -0.1) is 0 Å². The number of oxime groups is 1. The van der Waals surface area contributed by atoms with E-state index < -0.39 is 0 Å². The third kappa shape index (κ3) is 2.57. The van der Waals surface area contributed by atoms with E-state index in [1.807, 2.05) is 24.3 Å². The monoisotopic (exact) mass is 354 g/mol. The number of benzene rings is 2. The van der Waals surface area contributed by atoms with Crippen molar-refractivity contribution in [3.8, 4) is 5.75 Å². The molecule has 0 saturated carbocycles. The van der Waals surface area contributed by atoms with Crippen LogP contribution in [0.3, 0.4) is 0 Å². The van der Waals surface area contributed by atoms with Crippen molar-refractivity contribution in [2.24, 2.45) is 12.2 Å². The number of rotatable bonds is 2. The van der Waals surface area contributed by atoms with Gasteiger partial charge in [0.15, 0.2) is 6.10 Å². The molecule has 0 aliphatic carbocycles. The van der Waals surface area contributed by atoms with Crippen LogP contribution >= 0.6 is 11.6 Å². The molecule has 0 fully saturated rings. The summed E-state index contributed by atoms with van der Waals surface area (Å²) in [4.78, 5) is 18.2. The number of fused-ring (bicyclic) bond motifs is 1. The topological polar surface area (TPSA) is 63.8 Å². The lowest BCUT2D eigenvalue weighted by Gasteiger charge is -2.11. The smallest absolute Gasteiger partial charge is 0.263 e. The lowest BCUT2D eigenvalue weighted by Crippen LogP contribution is -2.24. The zero-order chi connectivity index (χ0) is 17.6. The van der Waals surface area contributed by atoms with Crippen molar-refractivity contribution in [3.63, 3.8) is 0 Å². The van der Waals surface area contributed by atoms with Crippen LogP contribution in [0, 0.1) is 0 Å². The molecule has 126 valence electrons. The zero-order valence-corrected chi connectivity index (χ0v) is 14.2. The van der Waals surface area contributed by atoms with Crippen LogP contribution in [0.1, 0.15) is 23.7 Å². The van der Waals surface area contributed by atoms with Gasteiger partial charge < -0.3 is 14.5 Å². The summed E-state index contributed by atoms with van der Waals surface area (Å²) >= 11 is 5.91. The van der Waals surface area contributed by atoms with Crippen LogP contribution in [0.4, 0.5) is 0 Å². The molecule has 1 N–H and O–H groups in total. The summed E-state index contributed by atoms with van der Waals surface area (Å²) in [5.41, 5.74) is 1.93. The Labute approximate surface area is 148 Å². The van der Waals surface area contributed by atoms with Crippen molar-refractivity contribution in [2.75, 3.05) is 0 Å². The highest BCUT2D eigenvalue weighted by Gasteiger charge is 2.29. The van der Waals surface area contributed by atoms with Crippen LogP contribution in [0.5, 0.6) is 5.75 Å². The highest BCUT2D eigenvalue weighted by molar-refractivity contribution is 6.30. The fraction of sp³-hybridized carbons (Fsp3) is 0.158. The summed E-state index contributed by atoms with van der Waals surface area (Å²) in [6, 6.07) is 14.5. The average molecular weight is 355 g/mol. The van der Waals surface area contributed by atoms with Gasteiger partial charge in [-0.05, 0) is 29.8 Å². The molecule has 5 nitrogen and oxygen atoms in total. The van der Waals surface area contributed by atoms with E-state index in [-0.39, 0.29) is 23.0 Å². The molecule has 0 spiro atoms. The van der Waals surface area contributed by atoms with E-state index in [0.717, 1.165) is 5.56 Å². The van der Waals surface area contributed by atoms with Gasteiger partial charge in [0.2, 0.25) is 0 Å². The molecule has 0 amide bonds. The Morgan fingerprint density at radius 1 is 1.20 bits per heavy atom. The van der Waals surface area contributed by atoms with Crippen molar-refractivity contribution in [1.29, 1.82) is 0 Å². The van der Waals surface area contributed by atoms with Gasteiger partial charge in [-0.1, -0.05) is 41.0 Å². The average Bonchev–Trinajstić information content (AvgIpc) is 3.10. The summed E-state index contributed by atoms with van der Waals surface area (Å²) in [7, 11) is 1.68. The molecule has 2 aromatic carbocycles. The largest absolute Gasteiger partial charge is 0.506 e. The maximum atomic E-state index is 12.7. The van der Waals surface area contributed by atoms with E-state index in [9.17, 15) is 9.90 Å². The van der Waals surface area contributed by atoms with Gasteiger partial charge in [-0.3, -0.25) is 4.79 Å². The zero-order valence-electron chi connectivity index (χ0n) is 13.4. The van der Waals surface area contributed by atoms with Crippen molar-refractivity contribution < 1.29 is 9.94 Å². The normalized spacial score (nSPS) is 16.7. The Bertz CT molecular complexity index is 1050. The van der Waals surface area contributed by atoms with E-state index in [1.54, 1.807) is 31.3 Å². The molecular formula is C19H15ClN2O3. The molecule has 6 heteroatoms. The number of pyridine rings is 1. The first-order chi connectivity index (χ1) is 12.1. The molecule has 0 bridgehead atoms. The first kappa shape index (κ1) is 15.7. The van der Waals surface area contributed by atoms with Crippen LogP contribution in [0.2, 0.25) is 5.02 Å². The summed E-state index contributed by atoms with van der Waals surface area (Å²) in [6.07, 6.45) is 0.103. The third-order valence-corrected chi connectivity index (χ3v) is 4.73. The van der Waals surface area contributed by atoms with E-state index in [4.69, 9.17) is 16.4 Å². The SMILES string of the molecule is Cn1c(=O)c(C2=NO[C@H](c3ccc(Cl)cc3)C2)c(O)c2ccccc21. The highest BCUT2D eigenvalue weighted by atomic mass is 35.5. The number of para-hydroxylation sites is 1. The molecule has 1 atom stereocenters. The van der Waals surface area contributed by atoms with Crippen LogP contribution in [0.25, 0.3) is 10.9 Å². The van der Waals surface area contributed by atoms with Gasteiger partial charge in [0.05, 0.1) is 5.52 Å². The number of hydrogen-bond donors (Lipinski definition) is 1. The minimum atomic E-state index is -0.303. The highest BCUT2D eigenvalue weighted by Crippen LogP contribution is 2.33. The first-order valence-electron chi connectivity index (χ1n) is 7.85. The predicted octanol–water partition coefficient (Wildman–Crippen LogP) is 3.76. The molecular weight excluding hydrogens is 340 g/mol. The number of aromatic nitrogens is 1. The molecule has 0 saturated heterocycles. The van der Waals surface area contributed by atoms with E-state index >= 15 is 0 Å². The lowest BCUT2D eigenvalue weighted by atomic mass is 9.99. The van der Waals surface area contributed by atoms with E-state index in [1.165, 1.54) is 4.57 Å². The predicted molar refractivity (Wildman–Crippen MR) is 97.3 cm³/mol. The molecule has 0 unspecified atom stereocenters. The van der Waals surface area contributed by atoms with Gasteiger partial charge in [0.25, 0.3) is 5.56 Å². The van der Waals surface area contributed by atoms with Crippen LogP contribution in [-0.4, -0.2) is 15.4 Å². The van der Waals surface area contributed by atoms with Gasteiger partial charge in [-0.25, -0.2) is 0 Å². The molecule has 3 aromatic rings. The molecule has 1 aromatic heterocycles. The number of halogens is 1. The van der Waals surface area contributed by atoms with Crippen molar-refractivity contribution in [1.82, 2.24) is 4.57 Å². The molecule has 2 heterocycles. The molecule has 0 radical (unpaired) electrons. The van der Waals surface area contributed by atoms with Gasteiger partial charge in [0, 0.05) is 23.9 Å². The number of nitrogens with zero attached hydrogens (tertiary/aromatic N) is 2. The molecule has 4 rings (SSSR count). The van der Waals surface area contributed by atoms with Crippen molar-refractivity contribution in [2.45, 2.75) is 12.5 Å². The third-order valence-electron chi connectivity index (χ3n) is 4.48. The Morgan fingerprint density at radius 3 is 2.68 bits per heavy atom. The van der Waals surface area contributed by atoms with Crippen LogP contribution in [-0.2, 0) is 11.9 Å². The Hall–Kier alpha value is -2.79. The lowest BCUT2D eigenvalue weighted by molar-refractivity contribution is 0.0857.